The Labute approximate surface area is 169 Å². The van der Waals surface area contributed by atoms with Crippen molar-refractivity contribution in [2.24, 2.45) is 11.8 Å². The topological polar surface area (TPSA) is 40.6 Å². The third kappa shape index (κ3) is 3.64. The molecule has 3 saturated heterocycles. The molecular weight excluding hydrogens is 381 g/mol. The zero-order valence-corrected chi connectivity index (χ0v) is 16.6. The highest BCUT2D eigenvalue weighted by Crippen LogP contribution is 2.43. The van der Waals surface area contributed by atoms with Crippen molar-refractivity contribution in [3.05, 3.63) is 35.4 Å². The van der Waals surface area contributed by atoms with Crippen LogP contribution in [0.3, 0.4) is 0 Å². The highest BCUT2D eigenvalue weighted by Gasteiger charge is 2.50. The Bertz CT molecular complexity index is 795. The first-order valence-electron chi connectivity index (χ1n) is 10.6. The Hall–Kier alpha value is -2.05. The smallest absolute Gasteiger partial charge is 0.338 e. The number of nitrogens with zero attached hydrogens (tertiary/aromatic N) is 2. The van der Waals surface area contributed by atoms with E-state index >= 15 is 0 Å². The predicted octanol–water partition coefficient (Wildman–Crippen LogP) is 4.35. The number of carbonyl (C=O) groups excluding carboxylic acids is 2. The first-order valence-corrected chi connectivity index (χ1v) is 10.6. The third-order valence-electron chi connectivity index (χ3n) is 6.83. The average molecular weight is 408 g/mol. The Morgan fingerprint density at radius 2 is 1.90 bits per heavy atom. The van der Waals surface area contributed by atoms with Gasteiger partial charge in [-0.25, -0.2) is 0 Å². The van der Waals surface area contributed by atoms with Crippen LogP contribution in [0.5, 0.6) is 0 Å². The standard InChI is InChI=1S/C22H27F3N2O2/c1-2-6-18-14-11-15(19-9-5-10-20(28)27(18)19)13-26(12-14)21(29)16-7-3-4-8-17(16)22(23,24)25/h3-4,7-8,14-15,18-19H,2,5-6,9-13H2,1H3/t14-,15+,18-,19-/m0/s1. The summed E-state index contributed by atoms with van der Waals surface area (Å²) in [4.78, 5) is 29.5. The van der Waals surface area contributed by atoms with E-state index in [0.29, 0.717) is 19.5 Å². The highest BCUT2D eigenvalue weighted by molar-refractivity contribution is 5.96. The minimum atomic E-state index is -4.56. The van der Waals surface area contributed by atoms with E-state index in [2.05, 4.69) is 11.8 Å². The molecule has 3 aliphatic heterocycles. The maximum absolute atomic E-state index is 13.4. The van der Waals surface area contributed by atoms with E-state index in [1.54, 1.807) is 4.90 Å². The lowest BCUT2D eigenvalue weighted by Gasteiger charge is -2.56. The number of piperidine rings is 3. The van der Waals surface area contributed by atoms with Gasteiger partial charge in [-0.1, -0.05) is 25.5 Å². The van der Waals surface area contributed by atoms with E-state index in [1.807, 2.05) is 0 Å². The van der Waals surface area contributed by atoms with Crippen LogP contribution in [-0.4, -0.2) is 46.8 Å². The maximum atomic E-state index is 13.4. The molecule has 0 N–H and O–H groups in total. The Morgan fingerprint density at radius 1 is 1.17 bits per heavy atom. The molecule has 2 bridgehead atoms. The van der Waals surface area contributed by atoms with Gasteiger partial charge in [0.1, 0.15) is 0 Å². The monoisotopic (exact) mass is 408 g/mol. The van der Waals surface area contributed by atoms with Crippen LogP contribution >= 0.6 is 0 Å². The fraction of sp³-hybridized carbons (Fsp3) is 0.636. The molecule has 1 aromatic rings. The number of hydrogen-bond donors (Lipinski definition) is 0. The number of likely N-dealkylation sites (tertiary alicyclic amines) is 1. The van der Waals surface area contributed by atoms with E-state index in [-0.39, 0.29) is 35.4 Å². The highest BCUT2D eigenvalue weighted by atomic mass is 19.4. The maximum Gasteiger partial charge on any atom is 0.417 e. The van der Waals surface area contributed by atoms with Gasteiger partial charge in [-0.2, -0.15) is 13.2 Å². The summed E-state index contributed by atoms with van der Waals surface area (Å²) in [7, 11) is 0. The van der Waals surface area contributed by atoms with Gasteiger partial charge in [0.25, 0.3) is 5.91 Å². The summed E-state index contributed by atoms with van der Waals surface area (Å²) in [6, 6.07) is 5.23. The van der Waals surface area contributed by atoms with Crippen LogP contribution in [0.25, 0.3) is 0 Å². The lowest BCUT2D eigenvalue weighted by molar-refractivity contribution is -0.152. The zero-order chi connectivity index (χ0) is 20.8. The normalized spacial score (nSPS) is 29.6. The number of fused-ring (bicyclic) bond motifs is 4. The van der Waals surface area contributed by atoms with Crippen molar-refractivity contribution in [2.75, 3.05) is 13.1 Å². The molecule has 4 rings (SSSR count). The van der Waals surface area contributed by atoms with Crippen LogP contribution in [0.15, 0.2) is 24.3 Å². The summed E-state index contributed by atoms with van der Waals surface area (Å²) < 4.78 is 40.3. The first kappa shape index (κ1) is 20.2. The average Bonchev–Trinajstić information content (AvgIpc) is 2.70. The number of benzene rings is 1. The van der Waals surface area contributed by atoms with Gasteiger partial charge in [0, 0.05) is 31.6 Å². The minimum absolute atomic E-state index is 0.0857. The summed E-state index contributed by atoms with van der Waals surface area (Å²) in [5, 5.41) is 0. The first-order chi connectivity index (χ1) is 13.8. The molecule has 4 nitrogen and oxygen atoms in total. The molecule has 0 unspecified atom stereocenters. The molecule has 158 valence electrons. The van der Waals surface area contributed by atoms with Gasteiger partial charge < -0.3 is 9.80 Å². The summed E-state index contributed by atoms with van der Waals surface area (Å²) in [5.74, 6) is -0.0582. The lowest BCUT2D eigenvalue weighted by atomic mass is 9.71. The quantitative estimate of drug-likeness (QED) is 0.746. The minimum Gasteiger partial charge on any atom is -0.338 e. The van der Waals surface area contributed by atoms with Crippen molar-refractivity contribution in [1.82, 2.24) is 9.80 Å². The van der Waals surface area contributed by atoms with Crippen LogP contribution in [0.1, 0.15) is 61.4 Å². The molecule has 2 amide bonds. The predicted molar refractivity (Wildman–Crippen MR) is 102 cm³/mol. The van der Waals surface area contributed by atoms with Gasteiger partial charge >= 0.3 is 6.18 Å². The number of carbonyl (C=O) groups is 2. The summed E-state index contributed by atoms with van der Waals surface area (Å²) in [6.07, 6.45) is 0.556. The number of hydrogen-bond acceptors (Lipinski definition) is 2. The van der Waals surface area contributed by atoms with Crippen molar-refractivity contribution in [1.29, 1.82) is 0 Å². The van der Waals surface area contributed by atoms with Crippen molar-refractivity contribution in [2.45, 2.75) is 63.7 Å². The Kier molecular flexibility index (Phi) is 5.34. The van der Waals surface area contributed by atoms with Gasteiger partial charge in [0.15, 0.2) is 0 Å². The molecule has 0 saturated carbocycles. The molecular formula is C22H27F3N2O2. The van der Waals surface area contributed by atoms with Crippen molar-refractivity contribution in [3.63, 3.8) is 0 Å². The second-order valence-corrected chi connectivity index (χ2v) is 8.63. The second-order valence-electron chi connectivity index (χ2n) is 8.63. The second kappa shape index (κ2) is 7.65. The van der Waals surface area contributed by atoms with E-state index in [9.17, 15) is 22.8 Å². The molecule has 3 heterocycles. The van der Waals surface area contributed by atoms with E-state index < -0.39 is 17.6 Å². The van der Waals surface area contributed by atoms with Crippen LogP contribution < -0.4 is 0 Å². The largest absolute Gasteiger partial charge is 0.417 e. The zero-order valence-electron chi connectivity index (χ0n) is 16.6. The Balaban J connectivity index is 1.63. The summed E-state index contributed by atoms with van der Waals surface area (Å²) in [6.45, 7) is 2.93. The number of amides is 2. The SMILES string of the molecule is CCC[C@H]1[C@H]2C[C@H](CN(C(=O)c3ccccc3C(F)(F)F)C2)[C@@H]2CCCC(=O)N21. The third-order valence-corrected chi connectivity index (χ3v) is 6.83. The number of rotatable bonds is 3. The van der Waals surface area contributed by atoms with Gasteiger partial charge in [-0.3, -0.25) is 9.59 Å². The fourth-order valence-corrected chi connectivity index (χ4v) is 5.70. The Morgan fingerprint density at radius 3 is 2.62 bits per heavy atom. The number of alkyl halides is 3. The fourth-order valence-electron chi connectivity index (χ4n) is 5.70. The van der Waals surface area contributed by atoms with E-state index in [4.69, 9.17) is 0 Å². The van der Waals surface area contributed by atoms with Gasteiger partial charge in [0.05, 0.1) is 11.1 Å². The van der Waals surface area contributed by atoms with Gasteiger partial charge in [-0.05, 0) is 49.7 Å². The van der Waals surface area contributed by atoms with Crippen LogP contribution in [0.2, 0.25) is 0 Å². The van der Waals surface area contributed by atoms with E-state index in [1.165, 1.54) is 18.2 Å². The molecule has 3 fully saturated rings. The van der Waals surface area contributed by atoms with E-state index in [0.717, 1.165) is 38.2 Å². The van der Waals surface area contributed by atoms with Crippen molar-refractivity contribution >= 4 is 11.8 Å². The number of halogens is 3. The molecule has 0 aromatic heterocycles. The molecule has 0 radical (unpaired) electrons. The van der Waals surface area contributed by atoms with Gasteiger partial charge in [0.2, 0.25) is 5.91 Å². The summed E-state index contributed by atoms with van der Waals surface area (Å²) in [5.41, 5.74) is -1.15. The molecule has 4 atom stereocenters. The van der Waals surface area contributed by atoms with Crippen LogP contribution in [-0.2, 0) is 11.0 Å². The van der Waals surface area contributed by atoms with Crippen LogP contribution in [0.4, 0.5) is 13.2 Å². The van der Waals surface area contributed by atoms with Gasteiger partial charge in [-0.15, -0.1) is 0 Å². The molecule has 7 heteroatoms. The lowest BCUT2D eigenvalue weighted by Crippen LogP contribution is -2.65. The van der Waals surface area contributed by atoms with Crippen molar-refractivity contribution in [3.8, 4) is 0 Å². The molecule has 0 spiro atoms. The van der Waals surface area contributed by atoms with Crippen LogP contribution in [0, 0.1) is 11.8 Å². The molecule has 29 heavy (non-hydrogen) atoms. The summed E-state index contributed by atoms with van der Waals surface area (Å²) >= 11 is 0. The molecule has 3 aliphatic rings. The van der Waals surface area contributed by atoms with Crippen molar-refractivity contribution < 1.29 is 22.8 Å². The molecule has 0 aliphatic carbocycles. The molecule has 1 aromatic carbocycles.